The van der Waals surface area contributed by atoms with Crippen LogP contribution in [0.2, 0.25) is 10.0 Å². The van der Waals surface area contributed by atoms with Crippen LogP contribution in [0.3, 0.4) is 0 Å². The van der Waals surface area contributed by atoms with Crippen molar-refractivity contribution < 1.29 is 4.74 Å². The van der Waals surface area contributed by atoms with Crippen LogP contribution in [0.5, 0.6) is 5.75 Å². The van der Waals surface area contributed by atoms with E-state index in [-0.39, 0.29) is 0 Å². The van der Waals surface area contributed by atoms with E-state index in [1.54, 1.807) is 6.07 Å². The van der Waals surface area contributed by atoms with Gasteiger partial charge in [-0.15, -0.1) is 0 Å². The van der Waals surface area contributed by atoms with E-state index in [1.807, 2.05) is 6.07 Å². The van der Waals surface area contributed by atoms with E-state index in [0.29, 0.717) is 22.1 Å². The van der Waals surface area contributed by atoms with Gasteiger partial charge in [-0.25, -0.2) is 0 Å². The predicted molar refractivity (Wildman–Crippen MR) is 70.1 cm³/mol. The molecule has 1 heterocycles. The molecule has 1 atom stereocenters. The molecule has 0 saturated heterocycles. The zero-order chi connectivity index (χ0) is 11.8. The number of hydrogen-bond acceptors (Lipinski definition) is 2. The summed E-state index contributed by atoms with van der Waals surface area (Å²) in [4.78, 5) is 0. The number of halogens is 2. The second kappa shape index (κ2) is 4.68. The zero-order valence-corrected chi connectivity index (χ0v) is 11.0. The lowest BCUT2D eigenvalue weighted by atomic mass is 10.0. The maximum atomic E-state index is 6.20. The first-order valence-electron chi connectivity index (χ1n) is 6.12. The summed E-state index contributed by atoms with van der Waals surface area (Å²) in [7, 11) is 0. The highest BCUT2D eigenvalue weighted by Crippen LogP contribution is 2.40. The number of nitrogens with one attached hydrogen (secondary N) is 1. The molecule has 0 aromatic heterocycles. The van der Waals surface area contributed by atoms with Gasteiger partial charge in [-0.3, -0.25) is 0 Å². The van der Waals surface area contributed by atoms with Gasteiger partial charge in [-0.05, 0) is 37.8 Å². The van der Waals surface area contributed by atoms with Crippen molar-refractivity contribution in [2.75, 3.05) is 6.61 Å². The van der Waals surface area contributed by atoms with E-state index in [0.717, 1.165) is 30.8 Å². The third kappa shape index (κ3) is 2.54. The molecular weight excluding hydrogens is 257 g/mol. The Bertz CT molecular complexity index is 432. The smallest absolute Gasteiger partial charge is 0.142 e. The summed E-state index contributed by atoms with van der Waals surface area (Å²) in [5.41, 5.74) is 1.12. The zero-order valence-electron chi connectivity index (χ0n) is 9.51. The van der Waals surface area contributed by atoms with Crippen molar-refractivity contribution in [3.05, 3.63) is 27.7 Å². The van der Waals surface area contributed by atoms with Crippen molar-refractivity contribution >= 4 is 23.2 Å². The molecule has 4 heteroatoms. The molecule has 1 aromatic carbocycles. The Hall–Kier alpha value is -0.440. The SMILES string of the molecule is Clc1cc(Cl)c2c(c1)C(NC1CC1)CCCO2. The van der Waals surface area contributed by atoms with E-state index in [9.17, 15) is 0 Å². The van der Waals surface area contributed by atoms with Gasteiger partial charge in [0.1, 0.15) is 5.75 Å². The molecule has 1 saturated carbocycles. The van der Waals surface area contributed by atoms with Crippen molar-refractivity contribution in [3.63, 3.8) is 0 Å². The standard InChI is InChI=1S/C13H15Cl2NO/c14-8-6-10-12(16-9-3-4-9)2-1-5-17-13(10)11(15)7-8/h6-7,9,12,16H,1-5H2. The molecule has 1 N–H and O–H groups in total. The van der Waals surface area contributed by atoms with E-state index >= 15 is 0 Å². The van der Waals surface area contributed by atoms with Crippen LogP contribution < -0.4 is 10.1 Å². The summed E-state index contributed by atoms with van der Waals surface area (Å²) in [6.07, 6.45) is 4.69. The van der Waals surface area contributed by atoms with Gasteiger partial charge in [0.2, 0.25) is 0 Å². The molecule has 1 aliphatic heterocycles. The Labute approximate surface area is 111 Å². The van der Waals surface area contributed by atoms with Crippen LogP contribution >= 0.6 is 23.2 Å². The minimum absolute atomic E-state index is 0.330. The summed E-state index contributed by atoms with van der Waals surface area (Å²) in [6.45, 7) is 0.733. The van der Waals surface area contributed by atoms with E-state index < -0.39 is 0 Å². The largest absolute Gasteiger partial charge is 0.492 e. The lowest BCUT2D eigenvalue weighted by molar-refractivity contribution is 0.315. The van der Waals surface area contributed by atoms with E-state index in [1.165, 1.54) is 12.8 Å². The second-order valence-electron chi connectivity index (χ2n) is 4.79. The molecule has 1 aromatic rings. The minimum atomic E-state index is 0.330. The summed E-state index contributed by atoms with van der Waals surface area (Å²) in [5, 5.41) is 4.95. The van der Waals surface area contributed by atoms with Crippen LogP contribution in [0.15, 0.2) is 12.1 Å². The van der Waals surface area contributed by atoms with Gasteiger partial charge in [-0.2, -0.15) is 0 Å². The fraction of sp³-hybridized carbons (Fsp3) is 0.538. The first kappa shape index (κ1) is 11.6. The number of ether oxygens (including phenoxy) is 1. The molecular formula is C13H15Cl2NO. The van der Waals surface area contributed by atoms with Gasteiger partial charge in [0.05, 0.1) is 11.6 Å². The monoisotopic (exact) mass is 271 g/mol. The normalized spacial score (nSPS) is 23.8. The van der Waals surface area contributed by atoms with Gasteiger partial charge in [0.25, 0.3) is 0 Å². The highest BCUT2D eigenvalue weighted by atomic mass is 35.5. The first-order valence-corrected chi connectivity index (χ1v) is 6.87. The van der Waals surface area contributed by atoms with Crippen molar-refractivity contribution in [3.8, 4) is 5.75 Å². The van der Waals surface area contributed by atoms with Crippen molar-refractivity contribution in [2.45, 2.75) is 37.8 Å². The molecule has 1 aliphatic carbocycles. The van der Waals surface area contributed by atoms with Gasteiger partial charge in [0.15, 0.2) is 0 Å². The fourth-order valence-corrected chi connectivity index (χ4v) is 2.88. The van der Waals surface area contributed by atoms with E-state index in [4.69, 9.17) is 27.9 Å². The lowest BCUT2D eigenvalue weighted by Gasteiger charge is -2.19. The Balaban J connectivity index is 1.97. The van der Waals surface area contributed by atoms with Gasteiger partial charge < -0.3 is 10.1 Å². The average molecular weight is 272 g/mol. The van der Waals surface area contributed by atoms with Gasteiger partial charge in [0, 0.05) is 22.7 Å². The van der Waals surface area contributed by atoms with Crippen LogP contribution in [-0.2, 0) is 0 Å². The average Bonchev–Trinajstić information content (AvgIpc) is 3.08. The number of hydrogen-bond donors (Lipinski definition) is 1. The molecule has 0 bridgehead atoms. The molecule has 3 rings (SSSR count). The summed E-state index contributed by atoms with van der Waals surface area (Å²) in [6, 6.07) is 4.73. The molecule has 0 spiro atoms. The van der Waals surface area contributed by atoms with Crippen molar-refractivity contribution in [1.29, 1.82) is 0 Å². The van der Waals surface area contributed by atoms with Crippen LogP contribution in [0.1, 0.15) is 37.3 Å². The number of rotatable bonds is 2. The third-order valence-electron chi connectivity index (χ3n) is 3.31. The minimum Gasteiger partial charge on any atom is -0.492 e. The second-order valence-corrected chi connectivity index (χ2v) is 5.63. The topological polar surface area (TPSA) is 21.3 Å². The maximum absolute atomic E-state index is 6.20. The van der Waals surface area contributed by atoms with Gasteiger partial charge in [-0.1, -0.05) is 23.2 Å². The Morgan fingerprint density at radius 3 is 2.76 bits per heavy atom. The molecule has 2 aliphatic rings. The van der Waals surface area contributed by atoms with Crippen molar-refractivity contribution in [1.82, 2.24) is 5.32 Å². The van der Waals surface area contributed by atoms with Crippen LogP contribution in [0.4, 0.5) is 0 Å². The quantitative estimate of drug-likeness (QED) is 0.879. The molecule has 0 amide bonds. The predicted octanol–water partition coefficient (Wildman–Crippen LogP) is 3.96. The Kier molecular flexibility index (Phi) is 3.20. The van der Waals surface area contributed by atoms with Crippen LogP contribution in [0.25, 0.3) is 0 Å². The molecule has 1 fully saturated rings. The molecule has 1 unspecified atom stereocenters. The number of benzene rings is 1. The Morgan fingerprint density at radius 2 is 2.00 bits per heavy atom. The molecule has 17 heavy (non-hydrogen) atoms. The fourth-order valence-electron chi connectivity index (χ4n) is 2.32. The third-order valence-corrected chi connectivity index (χ3v) is 3.81. The summed E-state index contributed by atoms with van der Waals surface area (Å²) in [5.74, 6) is 0.812. The van der Waals surface area contributed by atoms with Crippen LogP contribution in [-0.4, -0.2) is 12.6 Å². The molecule has 2 nitrogen and oxygen atoms in total. The summed E-state index contributed by atoms with van der Waals surface area (Å²) < 4.78 is 5.74. The molecule has 0 radical (unpaired) electrons. The lowest BCUT2D eigenvalue weighted by Crippen LogP contribution is -2.23. The highest BCUT2D eigenvalue weighted by Gasteiger charge is 2.29. The first-order chi connectivity index (χ1) is 8.24. The van der Waals surface area contributed by atoms with E-state index in [2.05, 4.69) is 5.32 Å². The molecule has 92 valence electrons. The number of fused-ring (bicyclic) bond motifs is 1. The highest BCUT2D eigenvalue weighted by molar-refractivity contribution is 6.35. The van der Waals surface area contributed by atoms with Crippen molar-refractivity contribution in [2.24, 2.45) is 0 Å². The maximum Gasteiger partial charge on any atom is 0.142 e. The van der Waals surface area contributed by atoms with Crippen LogP contribution in [0, 0.1) is 0 Å². The summed E-state index contributed by atoms with van der Waals surface area (Å²) >= 11 is 12.3. The Morgan fingerprint density at radius 1 is 1.18 bits per heavy atom. The van der Waals surface area contributed by atoms with Gasteiger partial charge >= 0.3 is 0 Å².